The van der Waals surface area contributed by atoms with E-state index in [0.717, 1.165) is 25.9 Å². The molecule has 2 aliphatic heterocycles. The normalized spacial score (nSPS) is 17.8. The third-order valence-electron chi connectivity index (χ3n) is 5.46. The third-order valence-corrected chi connectivity index (χ3v) is 5.46. The van der Waals surface area contributed by atoms with E-state index in [2.05, 4.69) is 5.32 Å². The van der Waals surface area contributed by atoms with Crippen LogP contribution in [0, 0.1) is 6.92 Å². The minimum absolute atomic E-state index is 0. The van der Waals surface area contributed by atoms with Crippen LogP contribution < -0.4 is 10.9 Å². The topological polar surface area (TPSA) is 77.9 Å². The number of carbonyl (C=O) groups excluding carboxylic acids is 2. The van der Waals surface area contributed by atoms with Gasteiger partial charge in [-0.1, -0.05) is 0 Å². The zero-order chi connectivity index (χ0) is 19.6. The van der Waals surface area contributed by atoms with E-state index in [-0.39, 0.29) is 41.5 Å². The lowest BCUT2D eigenvalue weighted by atomic mass is 10.0. The molecule has 28 heavy (non-hydrogen) atoms. The Morgan fingerprint density at radius 1 is 1.07 bits per heavy atom. The fraction of sp³-hybridized carbons (Fsp3) is 0.632. The van der Waals surface area contributed by atoms with Crippen LogP contribution in [0.15, 0.2) is 17.1 Å². The lowest BCUT2D eigenvalue weighted by Gasteiger charge is -2.36. The number of rotatable bonds is 2. The van der Waals surface area contributed by atoms with Gasteiger partial charge < -0.3 is 24.6 Å². The number of piperazine rings is 1. The highest BCUT2D eigenvalue weighted by Gasteiger charge is 2.29. The molecule has 1 N–H and O–H groups in total. The molecule has 3 rings (SSSR count). The zero-order valence-corrected chi connectivity index (χ0v) is 17.6. The Morgan fingerprint density at radius 2 is 1.64 bits per heavy atom. The molecule has 0 saturated carbocycles. The lowest BCUT2D eigenvalue weighted by molar-refractivity contribution is 0.0646. The maximum Gasteiger partial charge on any atom is 0.319 e. The Kier molecular flexibility index (Phi) is 7.48. The van der Waals surface area contributed by atoms with E-state index >= 15 is 0 Å². The Balaban J connectivity index is 0.00000280. The highest BCUT2D eigenvalue weighted by molar-refractivity contribution is 5.95. The molecule has 8 nitrogen and oxygen atoms in total. The predicted molar refractivity (Wildman–Crippen MR) is 110 cm³/mol. The van der Waals surface area contributed by atoms with Crippen molar-refractivity contribution in [1.29, 1.82) is 0 Å². The van der Waals surface area contributed by atoms with Crippen LogP contribution in [0.1, 0.15) is 34.8 Å². The van der Waals surface area contributed by atoms with Gasteiger partial charge in [0.15, 0.2) is 0 Å². The second-order valence-corrected chi connectivity index (χ2v) is 7.52. The van der Waals surface area contributed by atoms with Crippen LogP contribution in [0.5, 0.6) is 0 Å². The summed E-state index contributed by atoms with van der Waals surface area (Å²) in [6.45, 7) is 5.44. The van der Waals surface area contributed by atoms with Crippen molar-refractivity contribution in [3.63, 3.8) is 0 Å². The quantitative estimate of drug-likeness (QED) is 0.785. The first kappa shape index (κ1) is 22.2. The van der Waals surface area contributed by atoms with Crippen molar-refractivity contribution < 1.29 is 9.59 Å². The van der Waals surface area contributed by atoms with Crippen molar-refractivity contribution in [3.8, 4) is 0 Å². The fourth-order valence-corrected chi connectivity index (χ4v) is 3.82. The summed E-state index contributed by atoms with van der Waals surface area (Å²) in [7, 11) is 3.44. The third kappa shape index (κ3) is 4.50. The number of aromatic nitrogens is 1. The van der Waals surface area contributed by atoms with E-state index in [0.29, 0.717) is 31.7 Å². The molecule has 156 valence electrons. The first-order valence-electron chi connectivity index (χ1n) is 9.58. The van der Waals surface area contributed by atoms with Crippen molar-refractivity contribution >= 4 is 24.3 Å². The van der Waals surface area contributed by atoms with Crippen LogP contribution in [0.2, 0.25) is 0 Å². The number of hydrogen-bond acceptors (Lipinski definition) is 4. The van der Waals surface area contributed by atoms with Gasteiger partial charge in [-0.25, -0.2) is 4.79 Å². The minimum atomic E-state index is -0.224. The van der Waals surface area contributed by atoms with Crippen LogP contribution in [0.25, 0.3) is 0 Å². The summed E-state index contributed by atoms with van der Waals surface area (Å²) in [5, 5.41) is 3.30. The molecule has 0 aliphatic carbocycles. The van der Waals surface area contributed by atoms with Gasteiger partial charge in [-0.3, -0.25) is 9.59 Å². The SMILES string of the molecule is Cc1ccn(C2CCNCC2)c(=O)c1C(=O)N1CCN(C(=O)N(C)C)CC1.Cl. The van der Waals surface area contributed by atoms with Crippen LogP contribution in [0.3, 0.4) is 0 Å². The standard InChI is InChI=1S/C19H29N5O3.ClH/c1-14-6-9-24(15-4-7-20-8-5-15)18(26)16(14)17(25)22-10-12-23(13-11-22)19(27)21(2)3;/h6,9,15,20H,4-5,7-8,10-13H2,1-3H3;1H. The number of amides is 3. The highest BCUT2D eigenvalue weighted by Crippen LogP contribution is 2.18. The van der Waals surface area contributed by atoms with Gasteiger partial charge in [0.25, 0.3) is 11.5 Å². The molecule has 1 aromatic rings. The van der Waals surface area contributed by atoms with E-state index in [1.807, 2.05) is 19.2 Å². The van der Waals surface area contributed by atoms with E-state index in [4.69, 9.17) is 0 Å². The van der Waals surface area contributed by atoms with Crippen molar-refractivity contribution in [2.45, 2.75) is 25.8 Å². The Morgan fingerprint density at radius 3 is 2.21 bits per heavy atom. The van der Waals surface area contributed by atoms with E-state index in [1.165, 1.54) is 4.90 Å². The summed E-state index contributed by atoms with van der Waals surface area (Å²) in [5.74, 6) is -0.224. The first-order valence-corrected chi connectivity index (χ1v) is 9.58. The Bertz CT molecular complexity index is 765. The summed E-state index contributed by atoms with van der Waals surface area (Å²) < 4.78 is 1.73. The van der Waals surface area contributed by atoms with E-state index in [9.17, 15) is 14.4 Å². The van der Waals surface area contributed by atoms with Crippen molar-refractivity contribution in [2.75, 3.05) is 53.4 Å². The number of nitrogens with zero attached hydrogens (tertiary/aromatic N) is 4. The maximum atomic E-state index is 13.1. The van der Waals surface area contributed by atoms with Crippen LogP contribution in [-0.4, -0.2) is 84.6 Å². The van der Waals surface area contributed by atoms with Gasteiger partial charge >= 0.3 is 6.03 Å². The monoisotopic (exact) mass is 411 g/mol. The van der Waals surface area contributed by atoms with Gasteiger partial charge in [0.05, 0.1) is 0 Å². The number of piperidine rings is 1. The number of nitrogens with one attached hydrogen (secondary N) is 1. The molecule has 2 aliphatic rings. The Labute approximate surface area is 171 Å². The van der Waals surface area contributed by atoms with Gasteiger partial charge in [-0.15, -0.1) is 12.4 Å². The average Bonchev–Trinajstić information content (AvgIpc) is 2.68. The molecule has 2 fully saturated rings. The second-order valence-electron chi connectivity index (χ2n) is 7.52. The predicted octanol–water partition coefficient (Wildman–Crippen LogP) is 0.942. The van der Waals surface area contributed by atoms with E-state index in [1.54, 1.807) is 28.5 Å². The molecule has 1 aromatic heterocycles. The van der Waals surface area contributed by atoms with Gasteiger partial charge in [-0.05, 0) is 44.5 Å². The first-order chi connectivity index (χ1) is 12.9. The molecule has 0 radical (unpaired) electrons. The van der Waals surface area contributed by atoms with Gasteiger partial charge in [0.1, 0.15) is 5.56 Å². The smallest absolute Gasteiger partial charge is 0.319 e. The fourth-order valence-electron chi connectivity index (χ4n) is 3.82. The number of hydrogen-bond donors (Lipinski definition) is 1. The molecule has 3 amide bonds. The number of halogens is 1. The minimum Gasteiger partial charge on any atom is -0.335 e. The van der Waals surface area contributed by atoms with Crippen molar-refractivity contribution in [1.82, 2.24) is 24.6 Å². The highest BCUT2D eigenvalue weighted by atomic mass is 35.5. The molecule has 2 saturated heterocycles. The number of carbonyl (C=O) groups is 2. The van der Waals surface area contributed by atoms with Crippen LogP contribution in [0.4, 0.5) is 4.79 Å². The van der Waals surface area contributed by atoms with Crippen molar-refractivity contribution in [2.24, 2.45) is 0 Å². The summed E-state index contributed by atoms with van der Waals surface area (Å²) >= 11 is 0. The molecule has 0 bridgehead atoms. The van der Waals surface area contributed by atoms with Gasteiger partial charge in [-0.2, -0.15) is 0 Å². The lowest BCUT2D eigenvalue weighted by Crippen LogP contribution is -2.53. The van der Waals surface area contributed by atoms with Crippen LogP contribution >= 0.6 is 12.4 Å². The van der Waals surface area contributed by atoms with Gasteiger partial charge in [0, 0.05) is 52.5 Å². The Hall–Kier alpha value is -2.06. The number of urea groups is 1. The summed E-state index contributed by atoms with van der Waals surface area (Å²) in [5.41, 5.74) is 0.782. The zero-order valence-electron chi connectivity index (χ0n) is 16.8. The molecule has 0 aromatic carbocycles. The summed E-state index contributed by atoms with van der Waals surface area (Å²) in [6, 6.07) is 1.95. The molecule has 3 heterocycles. The number of pyridine rings is 1. The molecule has 9 heteroatoms. The molecular formula is C19H30ClN5O3. The molecule has 0 unspecified atom stereocenters. The molecule has 0 spiro atoms. The summed E-state index contributed by atoms with van der Waals surface area (Å²) in [4.78, 5) is 43.2. The molecular weight excluding hydrogens is 382 g/mol. The van der Waals surface area contributed by atoms with E-state index < -0.39 is 0 Å². The number of aryl methyl sites for hydroxylation is 1. The average molecular weight is 412 g/mol. The summed E-state index contributed by atoms with van der Waals surface area (Å²) in [6.07, 6.45) is 3.60. The largest absolute Gasteiger partial charge is 0.335 e. The van der Waals surface area contributed by atoms with Crippen LogP contribution in [-0.2, 0) is 0 Å². The maximum absolute atomic E-state index is 13.1. The second kappa shape index (κ2) is 9.43. The molecule has 0 atom stereocenters. The van der Waals surface area contributed by atoms with Crippen molar-refractivity contribution in [3.05, 3.63) is 33.7 Å². The van der Waals surface area contributed by atoms with Gasteiger partial charge in [0.2, 0.25) is 0 Å².